The summed E-state index contributed by atoms with van der Waals surface area (Å²) in [6, 6.07) is 19.1. The molecule has 3 aromatic heterocycles. The molecule has 0 spiro atoms. The summed E-state index contributed by atoms with van der Waals surface area (Å²) in [6.45, 7) is 1.97. The van der Waals surface area contributed by atoms with E-state index in [4.69, 9.17) is 4.98 Å². The van der Waals surface area contributed by atoms with E-state index in [0.29, 0.717) is 45.7 Å². The van der Waals surface area contributed by atoms with E-state index in [9.17, 15) is 9.18 Å². The van der Waals surface area contributed by atoms with Crippen LogP contribution in [0.25, 0.3) is 38.6 Å². The Bertz CT molecular complexity index is 1820. The molecule has 9 heteroatoms. The maximum absolute atomic E-state index is 14.8. The fourth-order valence-electron chi connectivity index (χ4n) is 4.68. The topological polar surface area (TPSA) is 98.5 Å². The zero-order chi connectivity index (χ0) is 26.1. The average Bonchev–Trinajstić information content (AvgIpc) is 2.96. The third-order valence-corrected chi connectivity index (χ3v) is 6.45. The van der Waals surface area contributed by atoms with Crippen molar-refractivity contribution < 1.29 is 4.39 Å². The van der Waals surface area contributed by atoms with Gasteiger partial charge in [0.25, 0.3) is 5.56 Å². The Kier molecular flexibility index (Phi) is 6.01. The maximum atomic E-state index is 14.8. The molecule has 0 radical (unpaired) electrons. The number of nitrogens with zero attached hydrogens (tertiary/aromatic N) is 6. The number of anilines is 1. The van der Waals surface area contributed by atoms with Gasteiger partial charge in [0.05, 0.1) is 33.5 Å². The van der Waals surface area contributed by atoms with E-state index in [1.165, 1.54) is 18.7 Å². The third kappa shape index (κ3) is 4.03. The van der Waals surface area contributed by atoms with Crippen molar-refractivity contribution in [3.05, 3.63) is 114 Å². The smallest absolute Gasteiger partial charge is 0.266 e. The highest BCUT2D eigenvalue weighted by molar-refractivity contribution is 5.94. The average molecular weight is 504 g/mol. The second-order valence-corrected chi connectivity index (χ2v) is 8.73. The van der Waals surface area contributed by atoms with Crippen LogP contribution in [0.5, 0.6) is 0 Å². The molecule has 3 aromatic carbocycles. The van der Waals surface area contributed by atoms with Crippen molar-refractivity contribution >= 4 is 27.6 Å². The minimum atomic E-state index is -0.464. The quantitative estimate of drug-likeness (QED) is 0.321. The van der Waals surface area contributed by atoms with Crippen LogP contribution in [0.1, 0.15) is 25.2 Å². The summed E-state index contributed by atoms with van der Waals surface area (Å²) in [6.07, 6.45) is 6.74. The van der Waals surface area contributed by atoms with Crippen molar-refractivity contribution in [2.75, 3.05) is 5.32 Å². The molecule has 186 valence electrons. The Morgan fingerprint density at radius 1 is 0.868 bits per heavy atom. The van der Waals surface area contributed by atoms with Gasteiger partial charge in [0.15, 0.2) is 0 Å². The van der Waals surface area contributed by atoms with Gasteiger partial charge in [-0.15, -0.1) is 0 Å². The van der Waals surface area contributed by atoms with Crippen LogP contribution in [0.2, 0.25) is 0 Å². The Morgan fingerprint density at radius 2 is 1.63 bits per heavy atom. The lowest BCUT2D eigenvalue weighted by molar-refractivity contribution is 0.636. The van der Waals surface area contributed by atoms with Crippen LogP contribution in [0.3, 0.4) is 0 Å². The van der Waals surface area contributed by atoms with Gasteiger partial charge < -0.3 is 5.32 Å². The fourth-order valence-corrected chi connectivity index (χ4v) is 4.68. The summed E-state index contributed by atoms with van der Waals surface area (Å²) in [7, 11) is 0. The summed E-state index contributed by atoms with van der Waals surface area (Å²) in [4.78, 5) is 36.0. The Balaban J connectivity index is 1.60. The molecule has 1 atom stereocenters. The molecule has 0 aliphatic rings. The lowest BCUT2D eigenvalue weighted by Crippen LogP contribution is -2.28. The summed E-state index contributed by atoms with van der Waals surface area (Å²) in [5.74, 6) is 0.395. The van der Waals surface area contributed by atoms with E-state index in [2.05, 4.69) is 25.3 Å². The molecule has 0 aliphatic carbocycles. The van der Waals surface area contributed by atoms with Crippen molar-refractivity contribution in [2.45, 2.75) is 19.4 Å². The van der Waals surface area contributed by atoms with Gasteiger partial charge in [-0.25, -0.2) is 29.3 Å². The number of hydrogen-bond donors (Lipinski definition) is 1. The predicted octanol–water partition coefficient (Wildman–Crippen LogP) is 5.49. The zero-order valence-corrected chi connectivity index (χ0v) is 20.4. The monoisotopic (exact) mass is 503 g/mol. The summed E-state index contributed by atoms with van der Waals surface area (Å²) >= 11 is 0. The molecule has 1 unspecified atom stereocenters. The first-order chi connectivity index (χ1) is 18.7. The van der Waals surface area contributed by atoms with Crippen LogP contribution >= 0.6 is 0 Å². The van der Waals surface area contributed by atoms with Gasteiger partial charge >= 0.3 is 0 Å². The number of aromatic nitrogens is 6. The minimum Gasteiger partial charge on any atom is -0.359 e. The van der Waals surface area contributed by atoms with Crippen molar-refractivity contribution in [1.29, 1.82) is 0 Å². The molecule has 6 aromatic rings. The van der Waals surface area contributed by atoms with Gasteiger partial charge in [-0.05, 0) is 42.3 Å². The zero-order valence-electron chi connectivity index (χ0n) is 20.4. The molecular weight excluding hydrogens is 481 g/mol. The summed E-state index contributed by atoms with van der Waals surface area (Å²) in [5, 5.41) is 4.09. The van der Waals surface area contributed by atoms with Crippen LogP contribution in [0, 0.1) is 5.82 Å². The number of halogens is 1. The van der Waals surface area contributed by atoms with E-state index in [1.54, 1.807) is 29.1 Å². The molecule has 1 N–H and O–H groups in total. The van der Waals surface area contributed by atoms with Crippen LogP contribution in [-0.2, 0) is 0 Å². The first kappa shape index (κ1) is 23.4. The highest BCUT2D eigenvalue weighted by Gasteiger charge is 2.23. The predicted molar refractivity (Wildman–Crippen MR) is 145 cm³/mol. The number of nitrogens with one attached hydrogen (secondary N) is 1. The first-order valence-corrected chi connectivity index (χ1v) is 12.2. The molecule has 0 saturated carbocycles. The summed E-state index contributed by atoms with van der Waals surface area (Å²) in [5.41, 5.74) is 2.88. The number of fused-ring (bicyclic) bond motifs is 2. The Labute approximate surface area is 216 Å². The van der Waals surface area contributed by atoms with Gasteiger partial charge in [0, 0.05) is 18.0 Å². The second-order valence-electron chi connectivity index (χ2n) is 8.73. The SMILES string of the molecule is CCC(Nc1ncnc2cccc(F)c12)c1nc2cccc(-c3cncnc3)c2c(=O)n1-c1ccccc1. The summed E-state index contributed by atoms with van der Waals surface area (Å²) < 4.78 is 16.4. The Hall–Kier alpha value is -5.05. The normalized spacial score (nSPS) is 12.1. The van der Waals surface area contributed by atoms with E-state index in [1.807, 2.05) is 55.5 Å². The largest absolute Gasteiger partial charge is 0.359 e. The van der Waals surface area contributed by atoms with Crippen LogP contribution in [0.4, 0.5) is 10.2 Å². The van der Waals surface area contributed by atoms with Crippen molar-refractivity contribution in [3.8, 4) is 16.8 Å². The minimum absolute atomic E-state index is 0.227. The molecule has 0 fully saturated rings. The second kappa shape index (κ2) is 9.78. The lowest BCUT2D eigenvalue weighted by atomic mass is 10.0. The molecule has 38 heavy (non-hydrogen) atoms. The lowest BCUT2D eigenvalue weighted by Gasteiger charge is -2.23. The highest BCUT2D eigenvalue weighted by atomic mass is 19.1. The van der Waals surface area contributed by atoms with Crippen LogP contribution < -0.4 is 10.9 Å². The van der Waals surface area contributed by atoms with Gasteiger partial charge in [-0.3, -0.25) is 9.36 Å². The molecular formula is C29H22FN7O. The van der Waals surface area contributed by atoms with Crippen LogP contribution in [0.15, 0.2) is 96.6 Å². The van der Waals surface area contributed by atoms with Crippen molar-refractivity contribution in [3.63, 3.8) is 0 Å². The maximum Gasteiger partial charge on any atom is 0.266 e. The van der Waals surface area contributed by atoms with E-state index in [-0.39, 0.29) is 10.9 Å². The van der Waals surface area contributed by atoms with Crippen molar-refractivity contribution in [2.24, 2.45) is 0 Å². The number of hydrogen-bond acceptors (Lipinski definition) is 7. The Morgan fingerprint density at radius 3 is 2.42 bits per heavy atom. The van der Waals surface area contributed by atoms with E-state index in [0.717, 1.165) is 5.56 Å². The first-order valence-electron chi connectivity index (χ1n) is 12.2. The molecule has 8 nitrogen and oxygen atoms in total. The van der Waals surface area contributed by atoms with Crippen LogP contribution in [-0.4, -0.2) is 29.5 Å². The van der Waals surface area contributed by atoms with E-state index < -0.39 is 11.9 Å². The highest BCUT2D eigenvalue weighted by Crippen LogP contribution is 2.30. The molecule has 3 heterocycles. The van der Waals surface area contributed by atoms with Gasteiger partial charge in [-0.2, -0.15) is 0 Å². The van der Waals surface area contributed by atoms with E-state index >= 15 is 0 Å². The fraction of sp³-hybridized carbons (Fsp3) is 0.103. The van der Waals surface area contributed by atoms with Gasteiger partial charge in [0.1, 0.15) is 30.1 Å². The van der Waals surface area contributed by atoms with Gasteiger partial charge in [0.2, 0.25) is 0 Å². The number of para-hydroxylation sites is 1. The van der Waals surface area contributed by atoms with Crippen molar-refractivity contribution in [1.82, 2.24) is 29.5 Å². The third-order valence-electron chi connectivity index (χ3n) is 6.45. The molecule has 6 rings (SSSR count). The standard InChI is InChI=1S/C29H22FN7O/c1-2-22(35-27-26-21(30)11-7-12-23(26)33-17-34-27)28-36-24-13-6-10-20(18-14-31-16-32-15-18)25(24)29(38)37(28)19-8-4-3-5-9-19/h3-17,22H,2H2,1H3,(H,33,34,35). The molecule has 0 bridgehead atoms. The molecule has 0 amide bonds. The number of rotatable bonds is 6. The molecule has 0 saturated heterocycles. The van der Waals surface area contributed by atoms with Gasteiger partial charge in [-0.1, -0.05) is 43.3 Å². The molecule has 0 aliphatic heterocycles. The number of benzene rings is 3.